The van der Waals surface area contributed by atoms with Crippen molar-refractivity contribution in [2.24, 2.45) is 10.9 Å². The van der Waals surface area contributed by atoms with Crippen LogP contribution in [0.3, 0.4) is 0 Å². The highest BCUT2D eigenvalue weighted by Crippen LogP contribution is 2.34. The molecular formula is C29H35N5O2. The van der Waals surface area contributed by atoms with Crippen LogP contribution in [-0.4, -0.2) is 61.2 Å². The topological polar surface area (TPSA) is 77.0 Å². The van der Waals surface area contributed by atoms with Gasteiger partial charge in [-0.1, -0.05) is 6.07 Å². The molecule has 0 bridgehead atoms. The Bertz CT molecular complexity index is 1240. The third-order valence-corrected chi connectivity index (χ3v) is 7.98. The van der Waals surface area contributed by atoms with E-state index in [4.69, 9.17) is 4.99 Å². The zero-order chi connectivity index (χ0) is 24.8. The molecular weight excluding hydrogens is 450 g/mol. The van der Waals surface area contributed by atoms with Crippen molar-refractivity contribution in [2.45, 2.75) is 52.1 Å². The van der Waals surface area contributed by atoms with E-state index in [-0.39, 0.29) is 17.7 Å². The number of piperazine rings is 1. The van der Waals surface area contributed by atoms with E-state index in [1.807, 2.05) is 12.1 Å². The lowest BCUT2D eigenvalue weighted by Gasteiger charge is -2.37. The van der Waals surface area contributed by atoms with Crippen molar-refractivity contribution in [3.63, 3.8) is 0 Å². The molecule has 2 aromatic carbocycles. The van der Waals surface area contributed by atoms with Crippen molar-refractivity contribution < 1.29 is 9.59 Å². The maximum Gasteiger partial charge on any atom is 0.251 e. The maximum absolute atomic E-state index is 12.7. The molecule has 3 heterocycles. The molecule has 188 valence electrons. The van der Waals surface area contributed by atoms with Gasteiger partial charge >= 0.3 is 0 Å². The van der Waals surface area contributed by atoms with Gasteiger partial charge in [-0.2, -0.15) is 0 Å². The smallest absolute Gasteiger partial charge is 0.251 e. The van der Waals surface area contributed by atoms with Gasteiger partial charge in [0.25, 0.3) is 5.91 Å². The van der Waals surface area contributed by atoms with Gasteiger partial charge in [0.05, 0.1) is 17.3 Å². The number of carbonyl (C=O) groups is 2. The van der Waals surface area contributed by atoms with E-state index >= 15 is 0 Å². The third-order valence-electron chi connectivity index (χ3n) is 7.98. The zero-order valence-corrected chi connectivity index (χ0v) is 21.3. The summed E-state index contributed by atoms with van der Waals surface area (Å²) in [6.45, 7) is 9.78. The van der Waals surface area contributed by atoms with Gasteiger partial charge < -0.3 is 15.5 Å². The summed E-state index contributed by atoms with van der Waals surface area (Å²) in [6, 6.07) is 10.9. The Morgan fingerprint density at radius 2 is 1.86 bits per heavy atom. The average molecular weight is 486 g/mol. The van der Waals surface area contributed by atoms with Crippen LogP contribution in [0.15, 0.2) is 35.3 Å². The SMILES string of the molecule is Cc1cc(C(=O)NC2CC2)ccc1N1CCN(Cc2cc(C)c3c(c2)NC(=O)C2CCCN=C32)CC1. The quantitative estimate of drug-likeness (QED) is 0.678. The van der Waals surface area contributed by atoms with Crippen LogP contribution in [0.2, 0.25) is 0 Å². The summed E-state index contributed by atoms with van der Waals surface area (Å²) < 4.78 is 0. The standard InChI is InChI=1S/C29H35N5O2/c1-18-15-21(28(35)31-22-6-7-22)5-8-25(18)34-12-10-33(11-13-34)17-20-14-19(2)26-24(16-20)32-29(36)23-4-3-9-30-27(23)26/h5,8,14-16,22-23H,3-4,6-7,9-13,17H2,1-2H3,(H,31,35)(H,32,36). The van der Waals surface area contributed by atoms with Crippen LogP contribution in [-0.2, 0) is 11.3 Å². The number of carbonyl (C=O) groups excluding carboxylic acids is 2. The lowest BCUT2D eigenvalue weighted by Crippen LogP contribution is -2.46. The molecule has 4 aliphatic rings. The van der Waals surface area contributed by atoms with Crippen LogP contribution in [0.4, 0.5) is 11.4 Å². The molecule has 7 nitrogen and oxygen atoms in total. The van der Waals surface area contributed by atoms with Gasteiger partial charge in [-0.05, 0) is 80.5 Å². The molecule has 1 unspecified atom stereocenters. The normalized spacial score (nSPS) is 21.8. The molecule has 1 saturated heterocycles. The number of rotatable bonds is 5. The number of nitrogens with zero attached hydrogens (tertiary/aromatic N) is 3. The lowest BCUT2D eigenvalue weighted by atomic mass is 9.83. The van der Waals surface area contributed by atoms with Crippen LogP contribution in [0.1, 0.15) is 58.3 Å². The zero-order valence-electron chi connectivity index (χ0n) is 21.3. The Balaban J connectivity index is 1.11. The maximum atomic E-state index is 12.7. The van der Waals surface area contributed by atoms with E-state index < -0.39 is 0 Å². The van der Waals surface area contributed by atoms with Gasteiger partial charge in [0.2, 0.25) is 5.91 Å². The van der Waals surface area contributed by atoms with Crippen LogP contribution in [0.5, 0.6) is 0 Å². The molecule has 0 spiro atoms. The highest BCUT2D eigenvalue weighted by atomic mass is 16.2. The molecule has 0 aromatic heterocycles. The number of aryl methyl sites for hydroxylation is 2. The van der Waals surface area contributed by atoms with Crippen LogP contribution in [0, 0.1) is 19.8 Å². The number of anilines is 2. The predicted octanol–water partition coefficient (Wildman–Crippen LogP) is 3.67. The second-order valence-corrected chi connectivity index (χ2v) is 10.8. The second-order valence-electron chi connectivity index (χ2n) is 10.8. The molecule has 1 atom stereocenters. The van der Waals surface area contributed by atoms with Gasteiger partial charge in [-0.25, -0.2) is 0 Å². The largest absolute Gasteiger partial charge is 0.369 e. The van der Waals surface area contributed by atoms with Crippen molar-refractivity contribution in [2.75, 3.05) is 42.9 Å². The van der Waals surface area contributed by atoms with Crippen LogP contribution < -0.4 is 15.5 Å². The number of nitrogens with one attached hydrogen (secondary N) is 2. The average Bonchev–Trinajstić information content (AvgIpc) is 3.68. The molecule has 2 fully saturated rings. The Kier molecular flexibility index (Phi) is 6.04. The highest BCUT2D eigenvalue weighted by molar-refractivity contribution is 6.23. The first kappa shape index (κ1) is 23.2. The molecule has 3 aliphatic heterocycles. The number of hydrogen-bond donors (Lipinski definition) is 2. The number of benzene rings is 2. The van der Waals surface area contributed by atoms with Gasteiger partial charge in [-0.3, -0.25) is 19.5 Å². The van der Waals surface area contributed by atoms with Crippen LogP contribution >= 0.6 is 0 Å². The fourth-order valence-electron chi connectivity index (χ4n) is 5.92. The first-order chi connectivity index (χ1) is 17.5. The van der Waals surface area contributed by atoms with Crippen LogP contribution in [0.25, 0.3) is 0 Å². The minimum atomic E-state index is -0.0889. The Hall–Kier alpha value is -3.19. The second kappa shape index (κ2) is 9.36. The third kappa shape index (κ3) is 4.52. The monoisotopic (exact) mass is 485 g/mol. The van der Waals surface area contributed by atoms with Gasteiger partial charge in [0.15, 0.2) is 0 Å². The molecule has 0 radical (unpaired) electrons. The van der Waals surface area contributed by atoms with Crippen molar-refractivity contribution in [3.05, 3.63) is 58.1 Å². The summed E-state index contributed by atoms with van der Waals surface area (Å²) in [5.74, 6) is 0.0473. The van der Waals surface area contributed by atoms with Crippen molar-refractivity contribution in [1.29, 1.82) is 0 Å². The first-order valence-electron chi connectivity index (χ1n) is 13.3. The number of hydrogen-bond acceptors (Lipinski definition) is 5. The summed E-state index contributed by atoms with van der Waals surface area (Å²) in [4.78, 5) is 34.7. The van der Waals surface area contributed by atoms with Gasteiger partial charge in [0.1, 0.15) is 0 Å². The van der Waals surface area contributed by atoms with Gasteiger partial charge in [0, 0.05) is 62.1 Å². The minimum absolute atomic E-state index is 0.0413. The van der Waals surface area contributed by atoms with Crippen molar-refractivity contribution >= 4 is 28.9 Å². The summed E-state index contributed by atoms with van der Waals surface area (Å²) in [7, 11) is 0. The Labute approximate surface area is 213 Å². The molecule has 2 amide bonds. The summed E-state index contributed by atoms with van der Waals surface area (Å²) >= 11 is 0. The lowest BCUT2D eigenvalue weighted by molar-refractivity contribution is -0.118. The summed E-state index contributed by atoms with van der Waals surface area (Å²) in [6.07, 6.45) is 4.08. The predicted molar refractivity (Wildman–Crippen MR) is 143 cm³/mol. The fraction of sp³-hybridized carbons (Fsp3) is 0.483. The highest BCUT2D eigenvalue weighted by Gasteiger charge is 2.35. The first-order valence-corrected chi connectivity index (χ1v) is 13.3. The minimum Gasteiger partial charge on any atom is -0.369 e. The van der Waals surface area contributed by atoms with E-state index in [1.54, 1.807) is 0 Å². The number of fused-ring (bicyclic) bond motifs is 3. The summed E-state index contributed by atoms with van der Waals surface area (Å²) in [5, 5.41) is 6.24. The summed E-state index contributed by atoms with van der Waals surface area (Å²) in [5.41, 5.74) is 8.60. The Morgan fingerprint density at radius 1 is 1.06 bits per heavy atom. The van der Waals surface area contributed by atoms with Crippen molar-refractivity contribution in [3.8, 4) is 0 Å². The number of aliphatic imine (C=N–C) groups is 1. The Morgan fingerprint density at radius 3 is 2.61 bits per heavy atom. The van der Waals surface area contributed by atoms with E-state index in [0.717, 1.165) is 93.0 Å². The molecule has 2 N–H and O–H groups in total. The molecule has 1 saturated carbocycles. The molecule has 7 heteroatoms. The van der Waals surface area contributed by atoms with Gasteiger partial charge in [-0.15, -0.1) is 0 Å². The van der Waals surface area contributed by atoms with Crippen molar-refractivity contribution in [1.82, 2.24) is 10.2 Å². The van der Waals surface area contributed by atoms with E-state index in [0.29, 0.717) is 6.04 Å². The molecule has 2 aromatic rings. The van der Waals surface area contributed by atoms with E-state index in [1.165, 1.54) is 16.8 Å². The fourth-order valence-corrected chi connectivity index (χ4v) is 5.92. The van der Waals surface area contributed by atoms with E-state index in [2.05, 4.69) is 52.5 Å². The molecule has 36 heavy (non-hydrogen) atoms. The molecule has 6 rings (SSSR count). The molecule has 1 aliphatic carbocycles. The van der Waals surface area contributed by atoms with E-state index in [9.17, 15) is 9.59 Å². The number of amides is 2.